The van der Waals surface area contributed by atoms with Gasteiger partial charge >= 0.3 is 5.97 Å². The van der Waals surface area contributed by atoms with Gasteiger partial charge in [-0.1, -0.05) is 6.07 Å². The Morgan fingerprint density at radius 3 is 2.78 bits per heavy atom. The smallest absolute Gasteiger partial charge is 0.309 e. The molecule has 0 N–H and O–H groups in total. The zero-order valence-electron chi connectivity index (χ0n) is 15.1. The lowest BCUT2D eigenvalue weighted by molar-refractivity contribution is -0.149. The number of fused-ring (bicyclic) bond motifs is 1. The molecule has 1 amide bonds. The summed E-state index contributed by atoms with van der Waals surface area (Å²) in [6.45, 7) is 3.29. The van der Waals surface area contributed by atoms with E-state index in [1.54, 1.807) is 16.2 Å². The second-order valence-electron chi connectivity index (χ2n) is 6.57. The molecular formula is C20H21N3O3S. The summed E-state index contributed by atoms with van der Waals surface area (Å²) < 4.78 is 7.07. The Kier molecular flexibility index (Phi) is 4.94. The van der Waals surface area contributed by atoms with Gasteiger partial charge < -0.3 is 9.64 Å². The number of esters is 1. The maximum Gasteiger partial charge on any atom is 0.309 e. The van der Waals surface area contributed by atoms with Gasteiger partial charge in [0.05, 0.1) is 18.2 Å². The minimum atomic E-state index is -0.156. The number of aromatic nitrogens is 2. The van der Waals surface area contributed by atoms with Gasteiger partial charge in [-0.25, -0.2) is 4.98 Å². The number of carbonyl (C=O) groups excluding carboxylic acids is 2. The number of nitrogens with zero attached hydrogens (tertiary/aromatic N) is 3. The highest BCUT2D eigenvalue weighted by Crippen LogP contribution is 2.29. The summed E-state index contributed by atoms with van der Waals surface area (Å²) in [6.07, 6.45) is 3.19. The Labute approximate surface area is 161 Å². The Bertz CT molecular complexity index is 956. The van der Waals surface area contributed by atoms with Gasteiger partial charge in [-0.05, 0) is 43.3 Å². The third kappa shape index (κ3) is 3.35. The highest BCUT2D eigenvalue weighted by atomic mass is 32.1. The van der Waals surface area contributed by atoms with Gasteiger partial charge in [0.1, 0.15) is 5.65 Å². The predicted octanol–water partition coefficient (Wildman–Crippen LogP) is 3.48. The topological polar surface area (TPSA) is 63.9 Å². The Balaban J connectivity index is 1.61. The van der Waals surface area contributed by atoms with Gasteiger partial charge in [-0.15, -0.1) is 0 Å². The van der Waals surface area contributed by atoms with Crippen molar-refractivity contribution >= 4 is 28.9 Å². The van der Waals surface area contributed by atoms with Crippen LogP contribution in [0.5, 0.6) is 0 Å². The molecule has 0 spiro atoms. The summed E-state index contributed by atoms with van der Waals surface area (Å²) in [6, 6.07) is 7.76. The van der Waals surface area contributed by atoms with E-state index in [9.17, 15) is 9.59 Å². The van der Waals surface area contributed by atoms with Crippen molar-refractivity contribution in [2.75, 3.05) is 19.7 Å². The quantitative estimate of drug-likeness (QED) is 0.647. The van der Waals surface area contributed by atoms with Gasteiger partial charge in [0, 0.05) is 30.2 Å². The fourth-order valence-corrected chi connectivity index (χ4v) is 4.19. The number of ether oxygens (including phenoxy) is 1. The normalized spacial score (nSPS) is 15.2. The fraction of sp³-hybridized carbons (Fsp3) is 0.350. The molecular weight excluding hydrogens is 362 g/mol. The zero-order valence-corrected chi connectivity index (χ0v) is 15.9. The van der Waals surface area contributed by atoms with Crippen LogP contribution in [0, 0.1) is 5.92 Å². The first kappa shape index (κ1) is 17.7. The molecule has 1 aliphatic rings. The molecule has 4 heterocycles. The molecule has 6 nitrogen and oxygen atoms in total. The number of thiophene rings is 1. The summed E-state index contributed by atoms with van der Waals surface area (Å²) in [5.41, 5.74) is 3.03. The van der Waals surface area contributed by atoms with E-state index in [2.05, 4.69) is 4.98 Å². The minimum absolute atomic E-state index is 0.0813. The van der Waals surface area contributed by atoms with E-state index in [0.29, 0.717) is 38.2 Å². The van der Waals surface area contributed by atoms with Gasteiger partial charge in [-0.2, -0.15) is 11.3 Å². The molecule has 140 valence electrons. The van der Waals surface area contributed by atoms with E-state index in [0.717, 1.165) is 16.9 Å². The average molecular weight is 383 g/mol. The van der Waals surface area contributed by atoms with Gasteiger partial charge in [0.2, 0.25) is 0 Å². The Hall–Kier alpha value is -2.67. The summed E-state index contributed by atoms with van der Waals surface area (Å²) >= 11 is 1.59. The van der Waals surface area contributed by atoms with Crippen LogP contribution in [0.3, 0.4) is 0 Å². The third-order valence-electron chi connectivity index (χ3n) is 4.93. The van der Waals surface area contributed by atoms with Crippen molar-refractivity contribution in [3.8, 4) is 11.3 Å². The van der Waals surface area contributed by atoms with Gasteiger partial charge in [0.25, 0.3) is 5.91 Å². The second kappa shape index (κ2) is 7.52. The number of hydrogen-bond acceptors (Lipinski definition) is 5. The largest absolute Gasteiger partial charge is 0.466 e. The molecule has 1 saturated heterocycles. The lowest BCUT2D eigenvalue weighted by Crippen LogP contribution is -2.41. The number of pyridine rings is 1. The molecule has 3 aromatic heterocycles. The first-order valence-corrected chi connectivity index (χ1v) is 10.1. The van der Waals surface area contributed by atoms with E-state index in [1.165, 1.54) is 0 Å². The maximum absolute atomic E-state index is 13.2. The number of rotatable bonds is 4. The number of piperidine rings is 1. The molecule has 0 bridgehead atoms. The monoisotopic (exact) mass is 383 g/mol. The lowest BCUT2D eigenvalue weighted by Gasteiger charge is -2.30. The number of amides is 1. The number of likely N-dealkylation sites (tertiary alicyclic amines) is 1. The van der Waals surface area contributed by atoms with Crippen molar-refractivity contribution in [1.82, 2.24) is 14.3 Å². The molecule has 0 atom stereocenters. The number of imidazole rings is 1. The molecule has 0 aromatic carbocycles. The van der Waals surface area contributed by atoms with Crippen LogP contribution in [0.15, 0.2) is 41.2 Å². The summed E-state index contributed by atoms with van der Waals surface area (Å²) in [4.78, 5) is 31.6. The van der Waals surface area contributed by atoms with E-state index in [4.69, 9.17) is 4.74 Å². The van der Waals surface area contributed by atoms with Crippen LogP contribution in [0.1, 0.15) is 30.3 Å². The van der Waals surface area contributed by atoms with Crippen molar-refractivity contribution in [1.29, 1.82) is 0 Å². The van der Waals surface area contributed by atoms with Crippen molar-refractivity contribution in [3.05, 3.63) is 46.9 Å². The molecule has 7 heteroatoms. The van der Waals surface area contributed by atoms with Crippen molar-refractivity contribution in [3.63, 3.8) is 0 Å². The average Bonchev–Trinajstić information content (AvgIpc) is 3.35. The van der Waals surface area contributed by atoms with E-state index >= 15 is 0 Å². The van der Waals surface area contributed by atoms with E-state index in [1.807, 2.05) is 52.5 Å². The van der Waals surface area contributed by atoms with E-state index in [-0.39, 0.29) is 17.8 Å². The fourth-order valence-electron chi connectivity index (χ4n) is 3.55. The van der Waals surface area contributed by atoms with Crippen LogP contribution in [0.4, 0.5) is 0 Å². The minimum Gasteiger partial charge on any atom is -0.466 e. The Morgan fingerprint density at radius 2 is 2.07 bits per heavy atom. The first-order valence-electron chi connectivity index (χ1n) is 9.14. The van der Waals surface area contributed by atoms with Crippen LogP contribution in [-0.2, 0) is 9.53 Å². The van der Waals surface area contributed by atoms with Crippen LogP contribution in [0.2, 0.25) is 0 Å². The second-order valence-corrected chi connectivity index (χ2v) is 7.35. The van der Waals surface area contributed by atoms with Crippen molar-refractivity contribution in [2.45, 2.75) is 19.8 Å². The van der Waals surface area contributed by atoms with Crippen LogP contribution in [0.25, 0.3) is 16.9 Å². The summed E-state index contributed by atoms with van der Waals surface area (Å²) in [5.74, 6) is -0.357. The highest BCUT2D eigenvalue weighted by Gasteiger charge is 2.31. The molecule has 27 heavy (non-hydrogen) atoms. The molecule has 1 fully saturated rings. The maximum atomic E-state index is 13.2. The van der Waals surface area contributed by atoms with E-state index < -0.39 is 0 Å². The highest BCUT2D eigenvalue weighted by molar-refractivity contribution is 7.08. The van der Waals surface area contributed by atoms with Gasteiger partial charge in [-0.3, -0.25) is 14.0 Å². The predicted molar refractivity (Wildman–Crippen MR) is 104 cm³/mol. The third-order valence-corrected chi connectivity index (χ3v) is 5.61. The molecule has 3 aromatic rings. The number of carbonyl (C=O) groups is 2. The first-order chi connectivity index (χ1) is 13.2. The summed E-state index contributed by atoms with van der Waals surface area (Å²) in [7, 11) is 0. The summed E-state index contributed by atoms with van der Waals surface area (Å²) in [5, 5.41) is 4.02. The van der Waals surface area contributed by atoms with Crippen LogP contribution in [-0.4, -0.2) is 45.9 Å². The molecule has 4 rings (SSSR count). The van der Waals surface area contributed by atoms with Crippen LogP contribution < -0.4 is 0 Å². The zero-order chi connectivity index (χ0) is 18.8. The number of hydrogen-bond donors (Lipinski definition) is 0. The lowest BCUT2D eigenvalue weighted by atomic mass is 9.96. The Morgan fingerprint density at radius 1 is 1.26 bits per heavy atom. The molecule has 0 aliphatic carbocycles. The molecule has 0 saturated carbocycles. The standard InChI is InChI=1S/C20H21N3O3S/c1-2-26-20(25)14-6-10-22(11-7-14)19(24)17-18(15-8-12-27-13-15)23-9-4-3-5-16(23)21-17/h3-5,8-9,12-14H,2,6-7,10-11H2,1H3. The SMILES string of the molecule is CCOC(=O)C1CCN(C(=O)c2nc3ccccn3c2-c2ccsc2)CC1. The molecule has 1 aliphatic heterocycles. The van der Waals surface area contributed by atoms with Crippen molar-refractivity contribution in [2.24, 2.45) is 5.92 Å². The molecule has 0 radical (unpaired) electrons. The molecule has 0 unspecified atom stereocenters. The van der Waals surface area contributed by atoms with Gasteiger partial charge in [0.15, 0.2) is 5.69 Å². The van der Waals surface area contributed by atoms with Crippen LogP contribution >= 0.6 is 11.3 Å². The van der Waals surface area contributed by atoms with Crippen molar-refractivity contribution < 1.29 is 14.3 Å².